The van der Waals surface area contributed by atoms with Crippen LogP contribution in [0.5, 0.6) is 0 Å². The molecule has 4 aromatic rings. The number of nitro benzene ring substituents is 1. The number of benzene rings is 2. The molecule has 0 bridgehead atoms. The lowest BCUT2D eigenvalue weighted by molar-refractivity contribution is -0.384. The van der Waals surface area contributed by atoms with Gasteiger partial charge >= 0.3 is 0 Å². The standard InChI is InChI=1S/C21H15N5O3/c27-21(20-18-13-17(26(28)29)9-10-19(18)24-25-20)23-16-6-3-4-14(12-16)7-8-15-5-1-2-11-22-15/h1-13H,(H,23,27)(H,24,25). The van der Waals surface area contributed by atoms with Crippen molar-refractivity contribution in [3.8, 4) is 0 Å². The van der Waals surface area contributed by atoms with Gasteiger partial charge in [0.2, 0.25) is 0 Å². The zero-order valence-corrected chi connectivity index (χ0v) is 15.1. The Labute approximate surface area is 165 Å². The molecule has 2 aromatic carbocycles. The third-order valence-electron chi connectivity index (χ3n) is 4.25. The average molecular weight is 385 g/mol. The average Bonchev–Trinajstić information content (AvgIpc) is 3.17. The van der Waals surface area contributed by atoms with E-state index < -0.39 is 10.8 Å². The van der Waals surface area contributed by atoms with Crippen LogP contribution in [0.15, 0.2) is 66.9 Å². The number of fused-ring (bicyclic) bond motifs is 1. The van der Waals surface area contributed by atoms with Crippen molar-refractivity contribution in [2.45, 2.75) is 0 Å². The minimum atomic E-state index is -0.508. The molecule has 2 aromatic heterocycles. The number of nitro groups is 1. The van der Waals surface area contributed by atoms with Crippen molar-refractivity contribution in [1.82, 2.24) is 15.2 Å². The molecule has 0 aliphatic rings. The van der Waals surface area contributed by atoms with Crippen molar-refractivity contribution in [3.05, 3.63) is 93.9 Å². The number of anilines is 1. The molecule has 0 aliphatic heterocycles. The van der Waals surface area contributed by atoms with Gasteiger partial charge in [-0.25, -0.2) is 0 Å². The van der Waals surface area contributed by atoms with Gasteiger partial charge in [0.1, 0.15) is 0 Å². The SMILES string of the molecule is O=C(Nc1cccc(C=Cc2ccccn2)c1)c1n[nH]c2ccc([N+](=O)[O-])cc12. The molecule has 4 rings (SSSR count). The Hall–Kier alpha value is -4.33. The van der Waals surface area contributed by atoms with Crippen LogP contribution in [0.3, 0.4) is 0 Å². The van der Waals surface area contributed by atoms with E-state index >= 15 is 0 Å². The molecule has 0 aliphatic carbocycles. The number of aromatic nitrogens is 3. The molecular formula is C21H15N5O3. The Balaban J connectivity index is 1.56. The second kappa shape index (κ2) is 7.73. The van der Waals surface area contributed by atoms with Gasteiger partial charge in [0.05, 0.1) is 16.1 Å². The van der Waals surface area contributed by atoms with Crippen LogP contribution in [0.25, 0.3) is 23.1 Å². The molecule has 8 nitrogen and oxygen atoms in total. The van der Waals surface area contributed by atoms with Crippen LogP contribution in [0.4, 0.5) is 11.4 Å². The van der Waals surface area contributed by atoms with E-state index in [1.165, 1.54) is 18.2 Å². The summed E-state index contributed by atoms with van der Waals surface area (Å²) < 4.78 is 0. The largest absolute Gasteiger partial charge is 0.321 e. The monoisotopic (exact) mass is 385 g/mol. The van der Waals surface area contributed by atoms with Crippen LogP contribution in [-0.2, 0) is 0 Å². The highest BCUT2D eigenvalue weighted by atomic mass is 16.6. The zero-order valence-electron chi connectivity index (χ0n) is 15.1. The lowest BCUT2D eigenvalue weighted by Gasteiger charge is -2.05. The topological polar surface area (TPSA) is 114 Å². The van der Waals surface area contributed by atoms with Crippen molar-refractivity contribution in [1.29, 1.82) is 0 Å². The van der Waals surface area contributed by atoms with Crippen LogP contribution in [0, 0.1) is 10.1 Å². The van der Waals surface area contributed by atoms with E-state index in [1.54, 1.807) is 12.3 Å². The second-order valence-electron chi connectivity index (χ2n) is 6.23. The first-order valence-corrected chi connectivity index (χ1v) is 8.73. The Morgan fingerprint density at radius 2 is 1.97 bits per heavy atom. The Kier molecular flexibility index (Phi) is 4.81. The summed E-state index contributed by atoms with van der Waals surface area (Å²) in [7, 11) is 0. The molecule has 0 saturated heterocycles. The molecule has 1 amide bonds. The Bertz CT molecular complexity index is 1230. The summed E-state index contributed by atoms with van der Waals surface area (Å²) in [5.74, 6) is -0.456. The molecular weight excluding hydrogens is 370 g/mol. The van der Waals surface area contributed by atoms with Gasteiger partial charge in [-0.2, -0.15) is 5.10 Å². The van der Waals surface area contributed by atoms with Gasteiger partial charge in [-0.3, -0.25) is 25.0 Å². The molecule has 142 valence electrons. The molecule has 2 heterocycles. The number of non-ortho nitro benzene ring substituents is 1. The fraction of sp³-hybridized carbons (Fsp3) is 0. The summed E-state index contributed by atoms with van der Waals surface area (Å²) in [5.41, 5.74) is 2.84. The van der Waals surface area contributed by atoms with Crippen LogP contribution in [0.1, 0.15) is 21.7 Å². The summed E-state index contributed by atoms with van der Waals surface area (Å²) >= 11 is 0. The van der Waals surface area contributed by atoms with Gasteiger partial charge in [-0.1, -0.05) is 24.3 Å². The number of carbonyl (C=O) groups excluding carboxylic acids is 1. The Morgan fingerprint density at radius 3 is 2.76 bits per heavy atom. The summed E-state index contributed by atoms with van der Waals surface area (Å²) in [4.78, 5) is 27.4. The highest BCUT2D eigenvalue weighted by molar-refractivity contribution is 6.11. The van der Waals surface area contributed by atoms with Crippen LogP contribution in [0.2, 0.25) is 0 Å². The highest BCUT2D eigenvalue weighted by Crippen LogP contribution is 2.23. The van der Waals surface area contributed by atoms with Crippen molar-refractivity contribution >= 4 is 40.3 Å². The van der Waals surface area contributed by atoms with Crippen molar-refractivity contribution in [2.75, 3.05) is 5.32 Å². The minimum Gasteiger partial charge on any atom is -0.321 e. The third kappa shape index (κ3) is 4.01. The molecule has 29 heavy (non-hydrogen) atoms. The smallest absolute Gasteiger partial charge is 0.276 e. The predicted octanol–water partition coefficient (Wildman–Crippen LogP) is 4.29. The third-order valence-corrected chi connectivity index (χ3v) is 4.25. The maximum absolute atomic E-state index is 12.7. The number of pyridine rings is 1. The van der Waals surface area contributed by atoms with Gasteiger partial charge in [-0.05, 0) is 42.0 Å². The van der Waals surface area contributed by atoms with Gasteiger partial charge < -0.3 is 5.32 Å². The van der Waals surface area contributed by atoms with Crippen molar-refractivity contribution in [3.63, 3.8) is 0 Å². The molecule has 0 unspecified atom stereocenters. The first-order valence-electron chi connectivity index (χ1n) is 8.73. The van der Waals surface area contributed by atoms with E-state index in [-0.39, 0.29) is 11.4 Å². The van der Waals surface area contributed by atoms with E-state index in [0.29, 0.717) is 16.6 Å². The van der Waals surface area contributed by atoms with Crippen LogP contribution in [-0.4, -0.2) is 26.0 Å². The van der Waals surface area contributed by atoms with Crippen LogP contribution < -0.4 is 5.32 Å². The maximum Gasteiger partial charge on any atom is 0.276 e. The molecule has 0 spiro atoms. The number of nitrogens with zero attached hydrogens (tertiary/aromatic N) is 3. The number of aromatic amines is 1. The number of hydrogen-bond donors (Lipinski definition) is 2. The molecule has 0 fully saturated rings. The first-order chi connectivity index (χ1) is 14.1. The van der Waals surface area contributed by atoms with Gasteiger partial charge in [0.25, 0.3) is 11.6 Å². The number of H-pyrrole nitrogens is 1. The van der Waals surface area contributed by atoms with Crippen molar-refractivity contribution in [2.24, 2.45) is 0 Å². The van der Waals surface area contributed by atoms with Crippen molar-refractivity contribution < 1.29 is 9.72 Å². The highest BCUT2D eigenvalue weighted by Gasteiger charge is 2.17. The van der Waals surface area contributed by atoms with E-state index in [2.05, 4.69) is 20.5 Å². The van der Waals surface area contributed by atoms with Crippen LogP contribution >= 0.6 is 0 Å². The lowest BCUT2D eigenvalue weighted by Crippen LogP contribution is -2.12. The first kappa shape index (κ1) is 18.1. The summed E-state index contributed by atoms with van der Waals surface area (Å²) in [6.45, 7) is 0. The normalized spacial score (nSPS) is 11.0. The zero-order chi connectivity index (χ0) is 20.2. The number of nitrogens with one attached hydrogen (secondary N) is 2. The van der Waals surface area contributed by atoms with E-state index in [4.69, 9.17) is 0 Å². The fourth-order valence-corrected chi connectivity index (χ4v) is 2.86. The number of rotatable bonds is 5. The number of amides is 1. The molecule has 2 N–H and O–H groups in total. The number of carbonyl (C=O) groups is 1. The van der Waals surface area contributed by atoms with Gasteiger partial charge in [0, 0.05) is 29.4 Å². The molecule has 8 heteroatoms. The lowest BCUT2D eigenvalue weighted by atomic mass is 10.1. The molecule has 0 saturated carbocycles. The summed E-state index contributed by atoms with van der Waals surface area (Å²) in [5, 5.41) is 20.9. The second-order valence-corrected chi connectivity index (χ2v) is 6.23. The van der Waals surface area contributed by atoms with E-state index in [0.717, 1.165) is 11.3 Å². The summed E-state index contributed by atoms with van der Waals surface area (Å²) in [6.07, 6.45) is 5.49. The molecule has 0 radical (unpaired) electrons. The quantitative estimate of drug-likeness (QED) is 0.393. The summed E-state index contributed by atoms with van der Waals surface area (Å²) in [6, 6.07) is 17.2. The van der Waals surface area contributed by atoms with E-state index in [9.17, 15) is 14.9 Å². The fourth-order valence-electron chi connectivity index (χ4n) is 2.86. The number of hydrogen-bond acceptors (Lipinski definition) is 5. The maximum atomic E-state index is 12.7. The molecule has 0 atom stereocenters. The van der Waals surface area contributed by atoms with E-state index in [1.807, 2.05) is 48.6 Å². The minimum absolute atomic E-state index is 0.0955. The van der Waals surface area contributed by atoms with Gasteiger partial charge in [0.15, 0.2) is 5.69 Å². The Morgan fingerprint density at radius 1 is 1.07 bits per heavy atom. The van der Waals surface area contributed by atoms with Gasteiger partial charge in [-0.15, -0.1) is 0 Å². The predicted molar refractivity (Wildman–Crippen MR) is 110 cm³/mol.